The van der Waals surface area contributed by atoms with Crippen LogP contribution in [-0.2, 0) is 9.53 Å². The maximum absolute atomic E-state index is 13.3. The van der Waals surface area contributed by atoms with Crippen LogP contribution in [0.25, 0.3) is 6.08 Å². The van der Waals surface area contributed by atoms with Crippen LogP contribution < -0.4 is 14.9 Å². The number of thiazole rings is 1. The molecule has 1 atom stereocenters. The molecular formula is C20H15BrN2O3S2. The number of hydrogen-bond donors (Lipinski definition) is 0. The van der Waals surface area contributed by atoms with E-state index in [-0.39, 0.29) is 5.56 Å². The minimum atomic E-state index is -0.534. The number of rotatable bonds is 3. The number of esters is 1. The molecule has 4 rings (SSSR count). The molecule has 2 aromatic heterocycles. The Labute approximate surface area is 177 Å². The van der Waals surface area contributed by atoms with E-state index in [1.54, 1.807) is 11.5 Å². The molecule has 0 aliphatic carbocycles. The van der Waals surface area contributed by atoms with Crippen molar-refractivity contribution >= 4 is 50.6 Å². The molecule has 3 heterocycles. The van der Waals surface area contributed by atoms with E-state index in [0.717, 1.165) is 14.9 Å². The number of aromatic nitrogens is 1. The number of thiophene rings is 1. The first kappa shape index (κ1) is 19.0. The van der Waals surface area contributed by atoms with Crippen LogP contribution in [0.15, 0.2) is 67.3 Å². The molecule has 1 aliphatic heterocycles. The number of halogens is 1. The van der Waals surface area contributed by atoms with Gasteiger partial charge in [-0.15, -0.1) is 11.3 Å². The molecule has 1 aliphatic rings. The highest BCUT2D eigenvalue weighted by atomic mass is 79.9. The van der Waals surface area contributed by atoms with Gasteiger partial charge in [0.2, 0.25) is 0 Å². The summed E-state index contributed by atoms with van der Waals surface area (Å²) in [6.07, 6.45) is 1.84. The zero-order valence-electron chi connectivity index (χ0n) is 15.0. The monoisotopic (exact) mass is 474 g/mol. The quantitative estimate of drug-likeness (QED) is 0.547. The van der Waals surface area contributed by atoms with Crippen LogP contribution in [-0.4, -0.2) is 17.6 Å². The molecule has 0 bridgehead atoms. The van der Waals surface area contributed by atoms with Gasteiger partial charge in [-0.05, 0) is 42.1 Å². The number of carbonyl (C=O) groups is 1. The van der Waals surface area contributed by atoms with Crippen molar-refractivity contribution in [2.24, 2.45) is 4.99 Å². The first-order valence-electron chi connectivity index (χ1n) is 8.39. The molecule has 0 saturated carbocycles. The molecule has 0 saturated heterocycles. The Kier molecular flexibility index (Phi) is 5.18. The second kappa shape index (κ2) is 7.62. The van der Waals surface area contributed by atoms with Gasteiger partial charge >= 0.3 is 5.97 Å². The third-order valence-electron chi connectivity index (χ3n) is 4.39. The Morgan fingerprint density at radius 1 is 1.32 bits per heavy atom. The van der Waals surface area contributed by atoms with Crippen molar-refractivity contribution < 1.29 is 9.53 Å². The number of carbonyl (C=O) groups excluding carboxylic acids is 1. The van der Waals surface area contributed by atoms with Gasteiger partial charge in [-0.3, -0.25) is 9.36 Å². The van der Waals surface area contributed by atoms with Gasteiger partial charge in [0, 0.05) is 9.35 Å². The van der Waals surface area contributed by atoms with E-state index in [9.17, 15) is 9.59 Å². The summed E-state index contributed by atoms with van der Waals surface area (Å²) in [6.45, 7) is 1.78. The number of nitrogens with zero attached hydrogens (tertiary/aromatic N) is 2. The fourth-order valence-corrected chi connectivity index (χ4v) is 5.44. The normalized spacial score (nSPS) is 16.7. The third kappa shape index (κ3) is 3.32. The van der Waals surface area contributed by atoms with Gasteiger partial charge in [-0.1, -0.05) is 45.5 Å². The van der Waals surface area contributed by atoms with Crippen LogP contribution in [0.5, 0.6) is 0 Å². The van der Waals surface area contributed by atoms with Crippen molar-refractivity contribution in [3.8, 4) is 0 Å². The molecule has 0 amide bonds. The van der Waals surface area contributed by atoms with Crippen LogP contribution in [0, 0.1) is 0 Å². The SMILES string of the molecule is COC(=O)C1=C(C)N=c2s/c(=C/c3cccc(Br)c3)c(=O)n2C1c1cccs1. The van der Waals surface area contributed by atoms with Gasteiger partial charge in [0.15, 0.2) is 4.80 Å². The average molecular weight is 475 g/mol. The van der Waals surface area contributed by atoms with E-state index < -0.39 is 12.0 Å². The highest BCUT2D eigenvalue weighted by molar-refractivity contribution is 9.10. The van der Waals surface area contributed by atoms with Crippen LogP contribution in [0.2, 0.25) is 0 Å². The number of ether oxygens (including phenoxy) is 1. The summed E-state index contributed by atoms with van der Waals surface area (Å²) in [5.74, 6) is -0.471. The molecule has 1 aromatic carbocycles. The van der Waals surface area contributed by atoms with E-state index in [2.05, 4.69) is 20.9 Å². The summed E-state index contributed by atoms with van der Waals surface area (Å²) in [6, 6.07) is 11.0. The Bertz CT molecular complexity index is 1270. The number of hydrogen-bond acceptors (Lipinski definition) is 6. The zero-order chi connectivity index (χ0) is 19.8. The summed E-state index contributed by atoms with van der Waals surface area (Å²) < 4.78 is 8.08. The van der Waals surface area contributed by atoms with Gasteiger partial charge in [-0.2, -0.15) is 0 Å². The van der Waals surface area contributed by atoms with Crippen LogP contribution in [0.1, 0.15) is 23.4 Å². The van der Waals surface area contributed by atoms with Crippen LogP contribution in [0.4, 0.5) is 0 Å². The van der Waals surface area contributed by atoms with Crippen molar-refractivity contribution in [2.45, 2.75) is 13.0 Å². The second-order valence-corrected chi connectivity index (χ2v) is 9.05. The average Bonchev–Trinajstić information content (AvgIpc) is 3.29. The minimum absolute atomic E-state index is 0.170. The molecular weight excluding hydrogens is 460 g/mol. The van der Waals surface area contributed by atoms with Gasteiger partial charge in [0.1, 0.15) is 6.04 Å². The summed E-state index contributed by atoms with van der Waals surface area (Å²) >= 11 is 6.27. The summed E-state index contributed by atoms with van der Waals surface area (Å²) in [5.41, 5.74) is 1.71. The fraction of sp³-hybridized carbons (Fsp3) is 0.150. The Balaban J connectivity index is 1.97. The van der Waals surface area contributed by atoms with Gasteiger partial charge in [0.05, 0.1) is 22.9 Å². The van der Waals surface area contributed by atoms with Crippen LogP contribution in [0.3, 0.4) is 0 Å². The maximum atomic E-state index is 13.3. The van der Waals surface area contributed by atoms with Crippen molar-refractivity contribution in [3.05, 3.63) is 87.6 Å². The lowest BCUT2D eigenvalue weighted by Crippen LogP contribution is -2.39. The molecule has 0 fully saturated rings. The van der Waals surface area contributed by atoms with Crippen molar-refractivity contribution in [1.29, 1.82) is 0 Å². The summed E-state index contributed by atoms with van der Waals surface area (Å²) in [7, 11) is 1.34. The van der Waals surface area contributed by atoms with E-state index in [0.29, 0.717) is 20.6 Å². The largest absolute Gasteiger partial charge is 0.466 e. The maximum Gasteiger partial charge on any atom is 0.338 e. The topological polar surface area (TPSA) is 60.7 Å². The standard InChI is InChI=1S/C20H15BrN2O3S2/c1-11-16(19(25)26-2)17(14-7-4-8-27-14)23-18(24)15(28-20(23)22-11)10-12-5-3-6-13(21)9-12/h3-10,17H,1-2H3/b15-10+. The molecule has 3 aromatic rings. The molecule has 28 heavy (non-hydrogen) atoms. The summed E-state index contributed by atoms with van der Waals surface area (Å²) in [5, 5.41) is 1.93. The lowest BCUT2D eigenvalue weighted by Gasteiger charge is -2.22. The Morgan fingerprint density at radius 3 is 2.82 bits per heavy atom. The highest BCUT2D eigenvalue weighted by Crippen LogP contribution is 2.32. The molecule has 1 unspecified atom stereocenters. The lowest BCUT2D eigenvalue weighted by atomic mass is 10.0. The second-order valence-electron chi connectivity index (χ2n) is 6.14. The number of methoxy groups -OCH3 is 1. The fourth-order valence-electron chi connectivity index (χ4n) is 3.16. The van der Waals surface area contributed by atoms with E-state index in [1.165, 1.54) is 29.8 Å². The number of benzene rings is 1. The number of allylic oxidation sites excluding steroid dienone is 1. The van der Waals surface area contributed by atoms with Crippen molar-refractivity contribution in [2.75, 3.05) is 7.11 Å². The molecule has 142 valence electrons. The Morgan fingerprint density at radius 2 is 2.14 bits per heavy atom. The molecule has 0 radical (unpaired) electrons. The van der Waals surface area contributed by atoms with E-state index in [4.69, 9.17) is 4.74 Å². The first-order chi connectivity index (χ1) is 13.5. The third-order valence-corrected chi connectivity index (χ3v) is 6.79. The summed E-state index contributed by atoms with van der Waals surface area (Å²) in [4.78, 5) is 31.8. The first-order valence-corrected chi connectivity index (χ1v) is 10.9. The predicted molar refractivity (Wildman–Crippen MR) is 114 cm³/mol. The molecule has 5 nitrogen and oxygen atoms in total. The Hall–Kier alpha value is -2.29. The van der Waals surface area contributed by atoms with E-state index >= 15 is 0 Å². The highest BCUT2D eigenvalue weighted by Gasteiger charge is 2.33. The number of fused-ring (bicyclic) bond motifs is 1. The zero-order valence-corrected chi connectivity index (χ0v) is 18.2. The van der Waals surface area contributed by atoms with Crippen LogP contribution >= 0.6 is 38.6 Å². The molecule has 8 heteroatoms. The smallest absolute Gasteiger partial charge is 0.338 e. The van der Waals surface area contributed by atoms with Crippen molar-refractivity contribution in [3.63, 3.8) is 0 Å². The van der Waals surface area contributed by atoms with Crippen molar-refractivity contribution in [1.82, 2.24) is 4.57 Å². The molecule has 0 spiro atoms. The minimum Gasteiger partial charge on any atom is -0.466 e. The molecule has 0 N–H and O–H groups in total. The predicted octanol–water partition coefficient (Wildman–Crippen LogP) is 3.23. The van der Waals surface area contributed by atoms with E-state index in [1.807, 2.05) is 47.9 Å². The van der Waals surface area contributed by atoms with Gasteiger partial charge < -0.3 is 4.74 Å². The van der Waals surface area contributed by atoms with Gasteiger partial charge in [0.25, 0.3) is 5.56 Å². The lowest BCUT2D eigenvalue weighted by molar-refractivity contribution is -0.136. The van der Waals surface area contributed by atoms with Gasteiger partial charge in [-0.25, -0.2) is 9.79 Å².